The van der Waals surface area contributed by atoms with Crippen molar-refractivity contribution in [1.29, 1.82) is 0 Å². The molecular weight excluding hydrogens is 258 g/mol. The first kappa shape index (κ1) is 14.3. The van der Waals surface area contributed by atoms with Gasteiger partial charge < -0.3 is 24.4 Å². The van der Waals surface area contributed by atoms with Crippen LogP contribution < -0.4 is 19.9 Å². The molecule has 5 nitrogen and oxygen atoms in total. The lowest BCUT2D eigenvalue weighted by molar-refractivity contribution is 0.323. The van der Waals surface area contributed by atoms with E-state index in [1.807, 2.05) is 31.2 Å². The zero-order valence-electron chi connectivity index (χ0n) is 12.1. The van der Waals surface area contributed by atoms with Crippen molar-refractivity contribution in [2.75, 3.05) is 21.3 Å². The van der Waals surface area contributed by atoms with Crippen LogP contribution in [0, 0.1) is 6.92 Å². The summed E-state index contributed by atoms with van der Waals surface area (Å²) in [7, 11) is 4.71. The van der Waals surface area contributed by atoms with Gasteiger partial charge >= 0.3 is 0 Å². The van der Waals surface area contributed by atoms with Gasteiger partial charge in [-0.2, -0.15) is 0 Å². The van der Waals surface area contributed by atoms with E-state index in [4.69, 9.17) is 24.4 Å². The van der Waals surface area contributed by atoms with E-state index in [0.29, 0.717) is 23.0 Å². The van der Waals surface area contributed by atoms with Crippen LogP contribution in [0.15, 0.2) is 28.7 Å². The van der Waals surface area contributed by atoms with E-state index in [2.05, 4.69) is 0 Å². The highest BCUT2D eigenvalue weighted by Gasteiger charge is 2.19. The Morgan fingerprint density at radius 2 is 1.60 bits per heavy atom. The van der Waals surface area contributed by atoms with E-state index < -0.39 is 6.04 Å². The minimum absolute atomic E-state index is 0.391. The van der Waals surface area contributed by atoms with Gasteiger partial charge in [-0.1, -0.05) is 0 Å². The summed E-state index contributed by atoms with van der Waals surface area (Å²) in [6.07, 6.45) is 0. The molecule has 2 rings (SSSR count). The molecule has 1 aromatic carbocycles. The number of methoxy groups -OCH3 is 3. The summed E-state index contributed by atoms with van der Waals surface area (Å²) in [4.78, 5) is 0. The van der Waals surface area contributed by atoms with E-state index in [1.165, 1.54) is 0 Å². The van der Waals surface area contributed by atoms with Crippen LogP contribution >= 0.6 is 0 Å². The number of furan rings is 1. The number of rotatable bonds is 5. The highest BCUT2D eigenvalue weighted by molar-refractivity contribution is 5.55. The van der Waals surface area contributed by atoms with Gasteiger partial charge in [0.15, 0.2) is 11.5 Å². The Balaban J connectivity index is 2.46. The second-order valence-corrected chi connectivity index (χ2v) is 4.38. The smallest absolute Gasteiger partial charge is 0.203 e. The van der Waals surface area contributed by atoms with Gasteiger partial charge in [0.1, 0.15) is 11.5 Å². The molecule has 20 heavy (non-hydrogen) atoms. The number of aryl methyl sites for hydroxylation is 1. The average molecular weight is 277 g/mol. The maximum absolute atomic E-state index is 6.22. The molecule has 5 heteroatoms. The van der Waals surface area contributed by atoms with E-state index in [0.717, 1.165) is 11.3 Å². The van der Waals surface area contributed by atoms with Crippen LogP contribution in [0.3, 0.4) is 0 Å². The summed E-state index contributed by atoms with van der Waals surface area (Å²) in [5.41, 5.74) is 7.05. The highest BCUT2D eigenvalue weighted by Crippen LogP contribution is 2.40. The van der Waals surface area contributed by atoms with Crippen LogP contribution in [0.5, 0.6) is 17.2 Å². The molecule has 1 heterocycles. The topological polar surface area (TPSA) is 66.9 Å². The molecule has 0 amide bonds. The summed E-state index contributed by atoms with van der Waals surface area (Å²) in [6, 6.07) is 7.00. The minimum Gasteiger partial charge on any atom is -0.493 e. The van der Waals surface area contributed by atoms with Crippen LogP contribution in [0.4, 0.5) is 0 Å². The molecule has 2 aromatic rings. The Hall–Kier alpha value is -2.14. The van der Waals surface area contributed by atoms with Gasteiger partial charge in [0.05, 0.1) is 27.4 Å². The third-order valence-electron chi connectivity index (χ3n) is 3.11. The third kappa shape index (κ3) is 2.58. The maximum atomic E-state index is 6.22. The molecule has 0 aliphatic rings. The zero-order valence-corrected chi connectivity index (χ0v) is 12.1. The maximum Gasteiger partial charge on any atom is 0.203 e. The van der Waals surface area contributed by atoms with Crippen LogP contribution in [0.1, 0.15) is 23.1 Å². The Morgan fingerprint density at radius 1 is 1.00 bits per heavy atom. The van der Waals surface area contributed by atoms with Crippen molar-refractivity contribution in [1.82, 2.24) is 0 Å². The molecule has 0 bridgehead atoms. The van der Waals surface area contributed by atoms with Gasteiger partial charge in [-0.3, -0.25) is 0 Å². The molecule has 0 saturated heterocycles. The predicted octanol–water partition coefficient (Wildman–Crippen LogP) is 2.66. The van der Waals surface area contributed by atoms with Crippen molar-refractivity contribution in [3.63, 3.8) is 0 Å². The molecule has 0 radical (unpaired) electrons. The van der Waals surface area contributed by atoms with Crippen molar-refractivity contribution in [3.05, 3.63) is 41.3 Å². The summed E-state index contributed by atoms with van der Waals surface area (Å²) >= 11 is 0. The fraction of sp³-hybridized carbons (Fsp3) is 0.333. The molecule has 1 unspecified atom stereocenters. The number of hydrogen-bond donors (Lipinski definition) is 1. The first-order chi connectivity index (χ1) is 9.60. The zero-order chi connectivity index (χ0) is 14.7. The minimum atomic E-state index is -0.391. The van der Waals surface area contributed by atoms with Crippen LogP contribution in [-0.2, 0) is 0 Å². The van der Waals surface area contributed by atoms with Crippen LogP contribution in [-0.4, -0.2) is 21.3 Å². The number of benzene rings is 1. The first-order valence-electron chi connectivity index (χ1n) is 6.22. The molecule has 0 saturated carbocycles. The van der Waals surface area contributed by atoms with Gasteiger partial charge in [0.25, 0.3) is 0 Å². The average Bonchev–Trinajstić information content (AvgIpc) is 2.91. The molecule has 108 valence electrons. The van der Waals surface area contributed by atoms with Crippen molar-refractivity contribution in [3.8, 4) is 17.2 Å². The number of hydrogen-bond acceptors (Lipinski definition) is 5. The van der Waals surface area contributed by atoms with Gasteiger partial charge in [0.2, 0.25) is 5.75 Å². The lowest BCUT2D eigenvalue weighted by Crippen LogP contribution is -2.11. The van der Waals surface area contributed by atoms with Crippen LogP contribution in [0.25, 0.3) is 0 Å². The largest absolute Gasteiger partial charge is 0.493 e. The molecule has 2 N–H and O–H groups in total. The van der Waals surface area contributed by atoms with Crippen LogP contribution in [0.2, 0.25) is 0 Å². The second-order valence-electron chi connectivity index (χ2n) is 4.38. The highest BCUT2D eigenvalue weighted by atomic mass is 16.5. The quantitative estimate of drug-likeness (QED) is 0.910. The number of ether oxygens (including phenoxy) is 3. The molecule has 1 atom stereocenters. The Morgan fingerprint density at radius 3 is 2.00 bits per heavy atom. The Labute approximate surface area is 118 Å². The summed E-state index contributed by atoms with van der Waals surface area (Å²) < 4.78 is 21.5. The fourth-order valence-electron chi connectivity index (χ4n) is 2.07. The Bertz CT molecular complexity index is 566. The molecule has 0 fully saturated rings. The van der Waals surface area contributed by atoms with Crippen molar-refractivity contribution in [2.45, 2.75) is 13.0 Å². The third-order valence-corrected chi connectivity index (χ3v) is 3.11. The fourth-order valence-corrected chi connectivity index (χ4v) is 2.07. The van der Waals surface area contributed by atoms with Crippen molar-refractivity contribution >= 4 is 0 Å². The molecular formula is C15H19NO4. The Kier molecular flexibility index (Phi) is 4.20. The summed E-state index contributed by atoms with van der Waals surface area (Å²) in [5, 5.41) is 0. The summed E-state index contributed by atoms with van der Waals surface area (Å²) in [5.74, 6) is 3.20. The first-order valence-corrected chi connectivity index (χ1v) is 6.22. The standard InChI is InChI=1S/C15H19NO4/c1-9-5-6-11(20-9)14(16)10-7-12(17-2)15(19-4)13(8-10)18-3/h5-8,14H,16H2,1-4H3. The van der Waals surface area contributed by atoms with E-state index in [1.54, 1.807) is 21.3 Å². The number of nitrogens with two attached hydrogens (primary N) is 1. The van der Waals surface area contributed by atoms with Crippen molar-refractivity contribution in [2.24, 2.45) is 5.73 Å². The lowest BCUT2D eigenvalue weighted by Gasteiger charge is -2.16. The van der Waals surface area contributed by atoms with Crippen molar-refractivity contribution < 1.29 is 18.6 Å². The van der Waals surface area contributed by atoms with E-state index in [9.17, 15) is 0 Å². The molecule has 1 aromatic heterocycles. The molecule has 0 spiro atoms. The monoisotopic (exact) mass is 277 g/mol. The second kappa shape index (κ2) is 5.88. The van der Waals surface area contributed by atoms with Gasteiger partial charge in [-0.05, 0) is 36.8 Å². The van der Waals surface area contributed by atoms with Gasteiger partial charge in [0, 0.05) is 0 Å². The van der Waals surface area contributed by atoms with Gasteiger partial charge in [-0.15, -0.1) is 0 Å². The molecule has 0 aliphatic heterocycles. The van der Waals surface area contributed by atoms with Gasteiger partial charge in [-0.25, -0.2) is 0 Å². The molecule has 0 aliphatic carbocycles. The SMILES string of the molecule is COc1cc(C(N)c2ccc(C)o2)cc(OC)c1OC. The van der Waals surface area contributed by atoms with E-state index in [-0.39, 0.29) is 0 Å². The predicted molar refractivity (Wildman–Crippen MR) is 75.6 cm³/mol. The normalized spacial score (nSPS) is 12.1. The van der Waals surface area contributed by atoms with E-state index >= 15 is 0 Å². The summed E-state index contributed by atoms with van der Waals surface area (Å²) in [6.45, 7) is 1.88. The lowest BCUT2D eigenvalue weighted by atomic mass is 10.0.